The van der Waals surface area contributed by atoms with Crippen molar-refractivity contribution in [3.63, 3.8) is 0 Å². The molecule has 0 saturated heterocycles. The molecule has 2 aromatic rings. The molecule has 1 aliphatic rings. The molecule has 2 aromatic carbocycles. The van der Waals surface area contributed by atoms with E-state index in [4.69, 9.17) is 0 Å². The van der Waals surface area contributed by atoms with Crippen LogP contribution in [0, 0.1) is 0 Å². The van der Waals surface area contributed by atoms with Crippen LogP contribution < -0.4 is 5.32 Å². The molecule has 1 N–H and O–H groups in total. The Labute approximate surface area is 142 Å². The smallest absolute Gasteiger partial charge is 0.256 e. The summed E-state index contributed by atoms with van der Waals surface area (Å²) in [5, 5.41) is 2.84. The summed E-state index contributed by atoms with van der Waals surface area (Å²) in [5.41, 5.74) is 3.51. The molecule has 126 valence electrons. The maximum atomic E-state index is 12.6. The van der Waals surface area contributed by atoms with E-state index < -0.39 is 9.84 Å². The van der Waals surface area contributed by atoms with Gasteiger partial charge in [-0.1, -0.05) is 25.1 Å². The Kier molecular flexibility index (Phi) is 4.71. The van der Waals surface area contributed by atoms with Gasteiger partial charge in [-0.3, -0.25) is 4.79 Å². The molecule has 1 amide bonds. The molecule has 0 fully saturated rings. The maximum absolute atomic E-state index is 12.6. The lowest BCUT2D eigenvalue weighted by molar-refractivity contribution is 0.102. The van der Waals surface area contributed by atoms with Crippen LogP contribution in [0.1, 0.15) is 41.3 Å². The molecule has 0 heterocycles. The van der Waals surface area contributed by atoms with E-state index in [1.807, 2.05) is 25.1 Å². The zero-order chi connectivity index (χ0) is 17.2. The molecule has 4 nitrogen and oxygen atoms in total. The molecule has 0 spiro atoms. The standard InChI is InChI=1S/C19H21NO3S/c1-2-12-24(22,23)18-9-4-3-8-17(18)19(21)20-16-11-10-14-6-5-7-15(14)13-16/h3-4,8-11,13H,2,5-7,12H2,1H3,(H,20,21). The van der Waals surface area contributed by atoms with E-state index in [2.05, 4.69) is 5.32 Å². The Morgan fingerprint density at radius 2 is 1.83 bits per heavy atom. The number of hydrogen-bond acceptors (Lipinski definition) is 3. The summed E-state index contributed by atoms with van der Waals surface area (Å²) >= 11 is 0. The number of hydrogen-bond donors (Lipinski definition) is 1. The third kappa shape index (κ3) is 3.36. The minimum Gasteiger partial charge on any atom is -0.322 e. The Bertz CT molecular complexity index is 872. The number of rotatable bonds is 5. The van der Waals surface area contributed by atoms with Crippen LogP contribution in [-0.4, -0.2) is 20.1 Å². The van der Waals surface area contributed by atoms with Gasteiger partial charge >= 0.3 is 0 Å². The molecule has 0 aliphatic heterocycles. The molecule has 0 atom stereocenters. The average Bonchev–Trinajstić information content (AvgIpc) is 3.02. The summed E-state index contributed by atoms with van der Waals surface area (Å²) in [4.78, 5) is 12.7. The maximum Gasteiger partial charge on any atom is 0.256 e. The second-order valence-corrected chi connectivity index (χ2v) is 8.18. The highest BCUT2D eigenvalue weighted by Crippen LogP contribution is 2.26. The zero-order valence-electron chi connectivity index (χ0n) is 13.7. The highest BCUT2D eigenvalue weighted by molar-refractivity contribution is 7.91. The van der Waals surface area contributed by atoms with Crippen LogP contribution in [0.25, 0.3) is 0 Å². The summed E-state index contributed by atoms with van der Waals surface area (Å²) in [6.07, 6.45) is 3.77. The average molecular weight is 343 g/mol. The minimum absolute atomic E-state index is 0.0378. The number of fused-ring (bicyclic) bond motifs is 1. The first-order chi connectivity index (χ1) is 11.5. The van der Waals surface area contributed by atoms with Crippen molar-refractivity contribution in [1.82, 2.24) is 0 Å². The molecular weight excluding hydrogens is 322 g/mol. The van der Waals surface area contributed by atoms with Gasteiger partial charge in [0.1, 0.15) is 0 Å². The molecule has 5 heteroatoms. The number of anilines is 1. The van der Waals surface area contributed by atoms with Gasteiger partial charge in [0, 0.05) is 5.69 Å². The van der Waals surface area contributed by atoms with Crippen molar-refractivity contribution in [2.45, 2.75) is 37.5 Å². The van der Waals surface area contributed by atoms with Crippen molar-refractivity contribution in [3.8, 4) is 0 Å². The normalized spacial score (nSPS) is 13.5. The van der Waals surface area contributed by atoms with Gasteiger partial charge in [-0.2, -0.15) is 0 Å². The number of sulfone groups is 1. The quantitative estimate of drug-likeness (QED) is 0.902. The Balaban J connectivity index is 1.88. The first kappa shape index (κ1) is 16.7. The third-order valence-electron chi connectivity index (χ3n) is 4.30. The molecule has 0 aromatic heterocycles. The predicted octanol–water partition coefficient (Wildman–Crippen LogP) is 3.61. The molecule has 24 heavy (non-hydrogen) atoms. The van der Waals surface area contributed by atoms with Crippen LogP contribution in [0.3, 0.4) is 0 Å². The van der Waals surface area contributed by atoms with Crippen molar-refractivity contribution in [3.05, 3.63) is 59.2 Å². The number of carbonyl (C=O) groups is 1. The summed E-state index contributed by atoms with van der Waals surface area (Å²) < 4.78 is 24.8. The van der Waals surface area contributed by atoms with E-state index in [1.165, 1.54) is 17.2 Å². The van der Waals surface area contributed by atoms with Gasteiger partial charge in [-0.25, -0.2) is 8.42 Å². The molecule has 0 saturated carbocycles. The van der Waals surface area contributed by atoms with Gasteiger partial charge in [0.2, 0.25) is 0 Å². The fraction of sp³-hybridized carbons (Fsp3) is 0.316. The Morgan fingerprint density at radius 1 is 1.08 bits per heavy atom. The van der Waals surface area contributed by atoms with Gasteiger partial charge in [-0.15, -0.1) is 0 Å². The second kappa shape index (κ2) is 6.77. The predicted molar refractivity (Wildman–Crippen MR) is 95.2 cm³/mol. The molecular formula is C19H21NO3S. The van der Waals surface area contributed by atoms with Gasteiger partial charge in [0.15, 0.2) is 9.84 Å². The highest BCUT2D eigenvalue weighted by Gasteiger charge is 2.21. The minimum atomic E-state index is -3.45. The van der Waals surface area contributed by atoms with Crippen molar-refractivity contribution >= 4 is 21.4 Å². The Hall–Kier alpha value is -2.14. The van der Waals surface area contributed by atoms with Gasteiger partial charge < -0.3 is 5.32 Å². The molecule has 1 aliphatic carbocycles. The monoisotopic (exact) mass is 343 g/mol. The van der Waals surface area contributed by atoms with E-state index in [-0.39, 0.29) is 22.1 Å². The number of benzene rings is 2. The number of aryl methyl sites for hydroxylation is 2. The second-order valence-electron chi connectivity index (χ2n) is 6.11. The van der Waals surface area contributed by atoms with Crippen LogP contribution in [0.4, 0.5) is 5.69 Å². The highest BCUT2D eigenvalue weighted by atomic mass is 32.2. The number of carbonyl (C=O) groups excluding carboxylic acids is 1. The summed E-state index contributed by atoms with van der Waals surface area (Å²) in [6, 6.07) is 12.3. The summed E-state index contributed by atoms with van der Waals surface area (Å²) in [5.74, 6) is -0.348. The first-order valence-corrected chi connectivity index (χ1v) is 9.91. The number of nitrogens with one attached hydrogen (secondary N) is 1. The molecule has 0 radical (unpaired) electrons. The van der Waals surface area contributed by atoms with Crippen LogP contribution in [0.15, 0.2) is 47.4 Å². The van der Waals surface area contributed by atoms with E-state index in [1.54, 1.807) is 18.2 Å². The van der Waals surface area contributed by atoms with E-state index in [0.29, 0.717) is 12.1 Å². The van der Waals surface area contributed by atoms with Crippen molar-refractivity contribution in [1.29, 1.82) is 0 Å². The molecule has 0 bridgehead atoms. The molecule has 3 rings (SSSR count). The van der Waals surface area contributed by atoms with Gasteiger partial charge in [0.05, 0.1) is 16.2 Å². The van der Waals surface area contributed by atoms with Crippen LogP contribution in [0.5, 0.6) is 0 Å². The van der Waals surface area contributed by atoms with E-state index in [9.17, 15) is 13.2 Å². The van der Waals surface area contributed by atoms with E-state index in [0.717, 1.165) is 19.3 Å². The van der Waals surface area contributed by atoms with Crippen LogP contribution in [-0.2, 0) is 22.7 Å². The van der Waals surface area contributed by atoms with Crippen LogP contribution >= 0.6 is 0 Å². The summed E-state index contributed by atoms with van der Waals surface area (Å²) in [7, 11) is -3.45. The van der Waals surface area contributed by atoms with Crippen molar-refractivity contribution < 1.29 is 13.2 Å². The fourth-order valence-electron chi connectivity index (χ4n) is 3.15. The van der Waals surface area contributed by atoms with Gasteiger partial charge in [-0.05, 0) is 61.1 Å². The van der Waals surface area contributed by atoms with E-state index >= 15 is 0 Å². The van der Waals surface area contributed by atoms with Gasteiger partial charge in [0.25, 0.3) is 5.91 Å². The fourth-order valence-corrected chi connectivity index (χ4v) is 4.69. The topological polar surface area (TPSA) is 63.2 Å². The lowest BCUT2D eigenvalue weighted by atomic mass is 10.1. The largest absolute Gasteiger partial charge is 0.322 e. The summed E-state index contributed by atoms with van der Waals surface area (Å²) in [6.45, 7) is 1.81. The Morgan fingerprint density at radius 3 is 2.62 bits per heavy atom. The van der Waals surface area contributed by atoms with Crippen molar-refractivity contribution in [2.75, 3.05) is 11.1 Å². The number of amides is 1. The molecule has 0 unspecified atom stereocenters. The third-order valence-corrected chi connectivity index (χ3v) is 6.27. The van der Waals surface area contributed by atoms with Crippen molar-refractivity contribution in [2.24, 2.45) is 0 Å². The lowest BCUT2D eigenvalue weighted by Crippen LogP contribution is -2.17. The first-order valence-electron chi connectivity index (χ1n) is 8.26. The van der Waals surface area contributed by atoms with Crippen LogP contribution in [0.2, 0.25) is 0 Å². The zero-order valence-corrected chi connectivity index (χ0v) is 14.5. The lowest BCUT2D eigenvalue weighted by Gasteiger charge is -2.11. The SMILES string of the molecule is CCCS(=O)(=O)c1ccccc1C(=O)Nc1ccc2c(c1)CCC2.